The fourth-order valence-corrected chi connectivity index (χ4v) is 8.49. The van der Waals surface area contributed by atoms with Crippen molar-refractivity contribution in [2.24, 2.45) is 17.8 Å². The summed E-state index contributed by atoms with van der Waals surface area (Å²) in [7, 11) is 0. The van der Waals surface area contributed by atoms with Crippen molar-refractivity contribution in [2.45, 2.75) is 95.0 Å². The van der Waals surface area contributed by atoms with Crippen molar-refractivity contribution in [3.8, 4) is 0 Å². The number of fused-ring (bicyclic) bond motifs is 2. The van der Waals surface area contributed by atoms with Gasteiger partial charge in [-0.3, -0.25) is 14.4 Å². The molecule has 0 aromatic heterocycles. The average molecular weight is 576 g/mol. The second-order valence-corrected chi connectivity index (χ2v) is 13.2. The van der Waals surface area contributed by atoms with Gasteiger partial charge in [0, 0.05) is 24.8 Å². The Hall–Kier alpha value is -2.97. The van der Waals surface area contributed by atoms with Crippen molar-refractivity contribution in [3.05, 3.63) is 54.6 Å². The number of benzene rings is 1. The highest BCUT2D eigenvalue weighted by Gasteiger charge is 2.76. The van der Waals surface area contributed by atoms with Crippen LogP contribution in [0.5, 0.6) is 0 Å². The number of hydrogen-bond donors (Lipinski definition) is 1. The molecule has 6 rings (SSSR count). The first-order valence-corrected chi connectivity index (χ1v) is 15.9. The monoisotopic (exact) mass is 575 g/mol. The number of anilines is 1. The van der Waals surface area contributed by atoms with Crippen molar-refractivity contribution in [1.29, 1.82) is 0 Å². The molecule has 0 radical (unpaired) electrons. The van der Waals surface area contributed by atoms with Crippen molar-refractivity contribution in [3.63, 3.8) is 0 Å². The van der Waals surface area contributed by atoms with Gasteiger partial charge in [-0.15, -0.1) is 0 Å². The minimum Gasteiger partial charge on any atom is -0.394 e. The molecular formula is C34H45N3O5. The van der Waals surface area contributed by atoms with E-state index in [1.807, 2.05) is 66.5 Å². The highest BCUT2D eigenvalue weighted by Crippen LogP contribution is 2.59. The van der Waals surface area contributed by atoms with Crippen LogP contribution in [0.25, 0.3) is 0 Å². The molecule has 1 N–H and O–H groups in total. The molecule has 5 aliphatic rings. The molecule has 3 fully saturated rings. The van der Waals surface area contributed by atoms with Gasteiger partial charge in [-0.25, -0.2) is 0 Å². The number of nitrogens with zero attached hydrogens (tertiary/aromatic N) is 3. The number of rotatable bonds is 7. The zero-order valence-electron chi connectivity index (χ0n) is 25.2. The molecule has 0 bridgehead atoms. The van der Waals surface area contributed by atoms with Crippen molar-refractivity contribution < 1.29 is 24.2 Å². The summed E-state index contributed by atoms with van der Waals surface area (Å²) >= 11 is 0. The molecular weight excluding hydrogens is 530 g/mol. The smallest absolute Gasteiger partial charge is 0.249 e. The third-order valence-electron chi connectivity index (χ3n) is 10.3. The summed E-state index contributed by atoms with van der Waals surface area (Å²) in [5, 5.41) is 10.6. The van der Waals surface area contributed by atoms with E-state index in [-0.39, 0.29) is 36.3 Å². The van der Waals surface area contributed by atoms with E-state index in [0.29, 0.717) is 25.9 Å². The molecule has 1 aromatic carbocycles. The van der Waals surface area contributed by atoms with Gasteiger partial charge in [-0.2, -0.15) is 0 Å². The van der Waals surface area contributed by atoms with Crippen LogP contribution in [0.2, 0.25) is 0 Å². The fraction of sp³-hybridized carbons (Fsp3) is 0.618. The lowest BCUT2D eigenvalue weighted by Crippen LogP contribution is -2.60. The van der Waals surface area contributed by atoms with Crippen LogP contribution in [-0.2, 0) is 19.1 Å². The lowest BCUT2D eigenvalue weighted by molar-refractivity contribution is -0.157. The van der Waals surface area contributed by atoms with Crippen LogP contribution in [-0.4, -0.2) is 81.7 Å². The molecule has 1 aromatic rings. The zero-order valence-corrected chi connectivity index (χ0v) is 25.2. The number of aliphatic hydroxyl groups excluding tert-OH is 1. The molecule has 42 heavy (non-hydrogen) atoms. The molecule has 226 valence electrons. The first kappa shape index (κ1) is 29.1. The maximum absolute atomic E-state index is 14.8. The molecule has 4 aliphatic heterocycles. The van der Waals surface area contributed by atoms with Crippen LogP contribution in [0.1, 0.15) is 65.7 Å². The topological polar surface area (TPSA) is 90.4 Å². The van der Waals surface area contributed by atoms with E-state index in [9.17, 15) is 19.5 Å². The summed E-state index contributed by atoms with van der Waals surface area (Å²) in [5.41, 5.74) is -1.56. The van der Waals surface area contributed by atoms with E-state index in [1.54, 1.807) is 9.80 Å². The van der Waals surface area contributed by atoms with Gasteiger partial charge < -0.3 is 24.5 Å². The highest BCUT2D eigenvalue weighted by molar-refractivity contribution is 6.04. The Morgan fingerprint density at radius 2 is 1.64 bits per heavy atom. The average Bonchev–Trinajstić information content (AvgIpc) is 3.29. The van der Waals surface area contributed by atoms with Gasteiger partial charge in [0.2, 0.25) is 17.7 Å². The van der Waals surface area contributed by atoms with E-state index in [4.69, 9.17) is 4.74 Å². The van der Waals surface area contributed by atoms with Crippen LogP contribution < -0.4 is 4.90 Å². The Morgan fingerprint density at radius 1 is 0.929 bits per heavy atom. The predicted molar refractivity (Wildman–Crippen MR) is 160 cm³/mol. The molecule has 1 aliphatic carbocycles. The minimum atomic E-state index is -1.30. The van der Waals surface area contributed by atoms with E-state index < -0.39 is 35.1 Å². The van der Waals surface area contributed by atoms with Gasteiger partial charge in [0.25, 0.3) is 0 Å². The number of carbonyl (C=O) groups excluding carboxylic acids is 3. The van der Waals surface area contributed by atoms with Gasteiger partial charge in [0.1, 0.15) is 11.6 Å². The Kier molecular flexibility index (Phi) is 7.81. The third kappa shape index (κ3) is 4.44. The third-order valence-corrected chi connectivity index (χ3v) is 10.3. The van der Waals surface area contributed by atoms with Crippen LogP contribution in [0.4, 0.5) is 5.69 Å². The SMILES string of the molecule is CC[C@@]12C=CCN(c3ccccc3)C(=O)[C@@H]1[C@H]1C(=O)N([C@@H](CO)CC(C)C)C3C(=O)N(C4CCCCC4)CC=C[C@@]31O2. The molecule has 1 unspecified atom stereocenters. The van der Waals surface area contributed by atoms with Crippen molar-refractivity contribution in [2.75, 3.05) is 24.6 Å². The summed E-state index contributed by atoms with van der Waals surface area (Å²) in [6, 6.07) is 8.16. The molecule has 2 saturated heterocycles. The molecule has 3 amide bonds. The van der Waals surface area contributed by atoms with Gasteiger partial charge in [-0.05, 0) is 43.7 Å². The number of para-hydroxylation sites is 1. The lowest BCUT2D eigenvalue weighted by Gasteiger charge is -2.42. The summed E-state index contributed by atoms with van der Waals surface area (Å²) in [6.45, 7) is 6.68. The number of carbonyl (C=O) groups is 3. The molecule has 4 heterocycles. The second kappa shape index (κ2) is 11.3. The van der Waals surface area contributed by atoms with Gasteiger partial charge in [-0.1, -0.05) is 82.5 Å². The standard InChI is InChI=1S/C34H45N3O5/c1-4-33-17-11-19-35(24-13-7-5-8-14-24)30(39)27(33)28-31(40)37(26(22-38)21-23(2)3)29-32(41)36(25-15-9-6-10-16-25)20-12-18-34(28,29)42-33/h5,7-8,11-14,17-18,23,25-29,38H,4,6,9-10,15-16,19-22H2,1-3H3/t26-,27+,28+,29?,33-,34+/m1/s1. The van der Waals surface area contributed by atoms with E-state index in [0.717, 1.165) is 31.4 Å². The Morgan fingerprint density at radius 3 is 2.31 bits per heavy atom. The summed E-state index contributed by atoms with van der Waals surface area (Å²) in [6.07, 6.45) is 14.1. The Bertz CT molecular complexity index is 1260. The van der Waals surface area contributed by atoms with Gasteiger partial charge in [0.15, 0.2) is 0 Å². The quantitative estimate of drug-likeness (QED) is 0.495. The van der Waals surface area contributed by atoms with Crippen molar-refractivity contribution >= 4 is 23.4 Å². The maximum Gasteiger partial charge on any atom is 0.249 e. The molecule has 6 atom stereocenters. The van der Waals surface area contributed by atoms with Crippen molar-refractivity contribution in [1.82, 2.24) is 9.80 Å². The molecule has 8 nitrogen and oxygen atoms in total. The molecule has 1 spiro atoms. The minimum absolute atomic E-state index is 0.113. The largest absolute Gasteiger partial charge is 0.394 e. The summed E-state index contributed by atoms with van der Waals surface area (Å²) in [4.78, 5) is 49.5. The fourth-order valence-electron chi connectivity index (χ4n) is 8.49. The first-order valence-electron chi connectivity index (χ1n) is 15.9. The number of aliphatic hydroxyl groups is 1. The Balaban J connectivity index is 1.49. The van der Waals surface area contributed by atoms with Gasteiger partial charge >= 0.3 is 0 Å². The van der Waals surface area contributed by atoms with Crippen LogP contribution in [0, 0.1) is 17.8 Å². The van der Waals surface area contributed by atoms with Crippen LogP contribution in [0.15, 0.2) is 54.6 Å². The van der Waals surface area contributed by atoms with Crippen LogP contribution >= 0.6 is 0 Å². The van der Waals surface area contributed by atoms with Gasteiger partial charge in [0.05, 0.1) is 30.1 Å². The first-order chi connectivity index (χ1) is 20.3. The number of ether oxygens (including phenoxy) is 1. The number of amides is 3. The second-order valence-electron chi connectivity index (χ2n) is 13.2. The number of hydrogen-bond acceptors (Lipinski definition) is 5. The zero-order chi connectivity index (χ0) is 29.6. The highest BCUT2D eigenvalue weighted by atomic mass is 16.5. The van der Waals surface area contributed by atoms with E-state index >= 15 is 0 Å². The van der Waals surface area contributed by atoms with Crippen LogP contribution in [0.3, 0.4) is 0 Å². The normalized spacial score (nSPS) is 34.0. The molecule has 8 heteroatoms. The molecule has 1 saturated carbocycles. The number of likely N-dealkylation sites (tertiary alicyclic amines) is 1. The van der Waals surface area contributed by atoms with E-state index in [2.05, 4.69) is 13.8 Å². The maximum atomic E-state index is 14.8. The summed E-state index contributed by atoms with van der Waals surface area (Å²) < 4.78 is 7.13. The predicted octanol–water partition coefficient (Wildman–Crippen LogP) is 4.09. The summed E-state index contributed by atoms with van der Waals surface area (Å²) in [5.74, 6) is -2.04. The van der Waals surface area contributed by atoms with E-state index in [1.165, 1.54) is 6.42 Å². The Labute approximate surface area is 249 Å². The lowest BCUT2D eigenvalue weighted by atomic mass is 9.73.